The molecule has 0 rings (SSSR count). The largest absolute Gasteiger partial charge is 0.462 e. The van der Waals surface area contributed by atoms with E-state index in [4.69, 9.17) is 14.2 Å². The molecule has 0 aromatic rings. The van der Waals surface area contributed by atoms with E-state index in [1.165, 1.54) is 103 Å². The molecular formula is C55H94O6. The van der Waals surface area contributed by atoms with Crippen LogP contribution >= 0.6 is 0 Å². The van der Waals surface area contributed by atoms with E-state index < -0.39 is 6.10 Å². The number of carbonyl (C=O) groups excluding carboxylic acids is 3. The molecule has 0 aliphatic heterocycles. The third kappa shape index (κ3) is 47.7. The van der Waals surface area contributed by atoms with Crippen molar-refractivity contribution < 1.29 is 28.6 Å². The summed E-state index contributed by atoms with van der Waals surface area (Å²) in [7, 11) is 0. The summed E-state index contributed by atoms with van der Waals surface area (Å²) < 4.78 is 16.7. The molecule has 1 atom stereocenters. The number of hydrogen-bond acceptors (Lipinski definition) is 6. The number of rotatable bonds is 45. The second-order valence-corrected chi connectivity index (χ2v) is 16.7. The summed E-state index contributed by atoms with van der Waals surface area (Å²) in [4.78, 5) is 37.8. The van der Waals surface area contributed by atoms with Gasteiger partial charge in [-0.1, -0.05) is 190 Å². The van der Waals surface area contributed by atoms with Gasteiger partial charge in [-0.25, -0.2) is 0 Å². The molecule has 6 nitrogen and oxygen atoms in total. The van der Waals surface area contributed by atoms with Crippen molar-refractivity contribution >= 4 is 17.9 Å². The lowest BCUT2D eigenvalue weighted by atomic mass is 10.1. The van der Waals surface area contributed by atoms with E-state index in [-0.39, 0.29) is 37.5 Å². The Bertz CT molecular complexity index is 1160. The first-order valence-corrected chi connectivity index (χ1v) is 25.4. The molecule has 0 aliphatic carbocycles. The third-order valence-corrected chi connectivity index (χ3v) is 10.7. The Kier molecular flexibility index (Phi) is 46.9. The Labute approximate surface area is 376 Å². The third-order valence-electron chi connectivity index (χ3n) is 10.7. The van der Waals surface area contributed by atoms with Gasteiger partial charge >= 0.3 is 17.9 Å². The van der Waals surface area contributed by atoms with Crippen molar-refractivity contribution in [2.45, 2.75) is 245 Å². The zero-order chi connectivity index (χ0) is 44.4. The number of carbonyl (C=O) groups is 3. The minimum Gasteiger partial charge on any atom is -0.462 e. The van der Waals surface area contributed by atoms with Crippen molar-refractivity contribution in [3.63, 3.8) is 0 Å². The molecule has 350 valence electrons. The van der Waals surface area contributed by atoms with Crippen LogP contribution in [0.3, 0.4) is 0 Å². The van der Waals surface area contributed by atoms with Crippen LogP contribution < -0.4 is 0 Å². The smallest absolute Gasteiger partial charge is 0.306 e. The van der Waals surface area contributed by atoms with Crippen LogP contribution in [-0.4, -0.2) is 37.2 Å². The summed E-state index contributed by atoms with van der Waals surface area (Å²) in [6.07, 6.45) is 61.9. The normalized spacial score (nSPS) is 12.6. The minimum absolute atomic E-state index is 0.101. The molecule has 0 N–H and O–H groups in total. The number of allylic oxidation sites excluding steroid dienone is 12. The van der Waals surface area contributed by atoms with E-state index in [0.29, 0.717) is 19.3 Å². The lowest BCUT2D eigenvalue weighted by Crippen LogP contribution is -2.30. The Hall–Kier alpha value is -3.15. The summed E-state index contributed by atoms with van der Waals surface area (Å²) in [6.45, 7) is 6.43. The summed E-state index contributed by atoms with van der Waals surface area (Å²) >= 11 is 0. The Morgan fingerprint density at radius 2 is 0.656 bits per heavy atom. The first-order chi connectivity index (χ1) is 30.0. The van der Waals surface area contributed by atoms with Gasteiger partial charge in [-0.15, -0.1) is 0 Å². The van der Waals surface area contributed by atoms with Gasteiger partial charge in [0.05, 0.1) is 0 Å². The van der Waals surface area contributed by atoms with Gasteiger partial charge in [-0.05, 0) is 103 Å². The Morgan fingerprint density at radius 3 is 1.11 bits per heavy atom. The Morgan fingerprint density at radius 1 is 0.344 bits per heavy atom. The molecule has 1 unspecified atom stereocenters. The second-order valence-electron chi connectivity index (χ2n) is 16.7. The van der Waals surface area contributed by atoms with E-state index >= 15 is 0 Å². The molecule has 0 spiro atoms. The average molecular weight is 851 g/mol. The molecule has 0 radical (unpaired) electrons. The average Bonchev–Trinajstić information content (AvgIpc) is 3.26. The van der Waals surface area contributed by atoms with Crippen molar-refractivity contribution in [1.29, 1.82) is 0 Å². The lowest BCUT2D eigenvalue weighted by molar-refractivity contribution is -0.167. The molecule has 0 fully saturated rings. The van der Waals surface area contributed by atoms with Gasteiger partial charge in [0.2, 0.25) is 0 Å². The van der Waals surface area contributed by atoms with E-state index in [1.807, 2.05) is 0 Å². The summed E-state index contributed by atoms with van der Waals surface area (Å²) in [5.74, 6) is -0.978. The molecule has 0 aromatic heterocycles. The lowest BCUT2D eigenvalue weighted by Gasteiger charge is -2.18. The molecule has 0 heterocycles. The number of ether oxygens (including phenoxy) is 3. The van der Waals surface area contributed by atoms with Crippen LogP contribution in [0.25, 0.3) is 0 Å². The van der Waals surface area contributed by atoms with E-state index in [0.717, 1.165) is 89.9 Å². The SMILES string of the molecule is CC/C=C\C/C=C\C/C=C\C/C=C\CCCCCC(=O)OC(COC(=O)CCC/C=C\CCCCCC)COC(=O)CCCCCCC/C=C\CCCCCCCCCCC. The number of esters is 3. The van der Waals surface area contributed by atoms with Crippen LogP contribution in [0.1, 0.15) is 239 Å². The molecule has 0 aromatic carbocycles. The zero-order valence-electron chi connectivity index (χ0n) is 39.9. The number of hydrogen-bond donors (Lipinski definition) is 0. The van der Waals surface area contributed by atoms with Gasteiger partial charge in [0, 0.05) is 19.3 Å². The van der Waals surface area contributed by atoms with Crippen molar-refractivity contribution in [3.8, 4) is 0 Å². The van der Waals surface area contributed by atoms with E-state index in [2.05, 4.69) is 93.7 Å². The fourth-order valence-electron chi connectivity index (χ4n) is 6.84. The van der Waals surface area contributed by atoms with Gasteiger partial charge < -0.3 is 14.2 Å². The monoisotopic (exact) mass is 851 g/mol. The first kappa shape index (κ1) is 57.9. The van der Waals surface area contributed by atoms with E-state index in [9.17, 15) is 14.4 Å². The van der Waals surface area contributed by atoms with Gasteiger partial charge in [0.25, 0.3) is 0 Å². The maximum Gasteiger partial charge on any atom is 0.306 e. The van der Waals surface area contributed by atoms with Crippen LogP contribution in [0.15, 0.2) is 72.9 Å². The van der Waals surface area contributed by atoms with E-state index in [1.54, 1.807) is 0 Å². The van der Waals surface area contributed by atoms with Crippen molar-refractivity contribution in [1.82, 2.24) is 0 Å². The zero-order valence-corrected chi connectivity index (χ0v) is 39.9. The minimum atomic E-state index is -0.804. The standard InChI is InChI=1S/C55H94O6/c1-4-7-10-13-16-19-21-23-25-27-28-30-31-33-36-39-42-45-48-54(57)60-51-52(50-59-53(56)47-44-41-38-35-18-15-12-9-6-3)61-55(58)49-46-43-40-37-34-32-29-26-24-22-20-17-14-11-8-5-2/h8,11,17,20,24,26,28,30,32,34-35,38,52H,4-7,9-10,12-16,18-19,21-23,25,27,29,31,33,36-37,39-51H2,1-3H3/b11-8-,20-17-,26-24-,30-28-,34-32-,38-35-. The van der Waals surface area contributed by atoms with Crippen LogP contribution in [0.2, 0.25) is 0 Å². The maximum atomic E-state index is 12.8. The topological polar surface area (TPSA) is 78.9 Å². The predicted molar refractivity (Wildman–Crippen MR) is 261 cm³/mol. The molecule has 0 bridgehead atoms. The van der Waals surface area contributed by atoms with Crippen LogP contribution in [0, 0.1) is 0 Å². The Balaban J connectivity index is 4.40. The quantitative estimate of drug-likeness (QED) is 0.0263. The highest BCUT2D eigenvalue weighted by Gasteiger charge is 2.19. The van der Waals surface area contributed by atoms with Crippen LogP contribution in [-0.2, 0) is 28.6 Å². The highest BCUT2D eigenvalue weighted by Crippen LogP contribution is 2.13. The predicted octanol–water partition coefficient (Wildman–Crippen LogP) is 16.6. The molecule has 6 heteroatoms. The van der Waals surface area contributed by atoms with Gasteiger partial charge in [0.15, 0.2) is 6.10 Å². The number of unbranched alkanes of at least 4 members (excludes halogenated alkanes) is 22. The van der Waals surface area contributed by atoms with Crippen molar-refractivity contribution in [3.05, 3.63) is 72.9 Å². The van der Waals surface area contributed by atoms with Crippen molar-refractivity contribution in [2.75, 3.05) is 13.2 Å². The van der Waals surface area contributed by atoms with Gasteiger partial charge in [-0.3, -0.25) is 14.4 Å². The van der Waals surface area contributed by atoms with Crippen LogP contribution in [0.4, 0.5) is 0 Å². The second kappa shape index (κ2) is 49.5. The van der Waals surface area contributed by atoms with Crippen molar-refractivity contribution in [2.24, 2.45) is 0 Å². The van der Waals surface area contributed by atoms with Gasteiger partial charge in [-0.2, -0.15) is 0 Å². The molecular weight excluding hydrogens is 757 g/mol. The van der Waals surface area contributed by atoms with Gasteiger partial charge in [0.1, 0.15) is 13.2 Å². The highest BCUT2D eigenvalue weighted by atomic mass is 16.6. The molecule has 61 heavy (non-hydrogen) atoms. The first-order valence-electron chi connectivity index (χ1n) is 25.4. The highest BCUT2D eigenvalue weighted by molar-refractivity contribution is 5.71. The summed E-state index contributed by atoms with van der Waals surface area (Å²) in [6, 6.07) is 0. The fraction of sp³-hybridized carbons (Fsp3) is 0.727. The molecule has 0 aliphatic rings. The molecule has 0 saturated heterocycles. The molecule has 0 saturated carbocycles. The summed E-state index contributed by atoms with van der Waals surface area (Å²) in [5.41, 5.74) is 0. The summed E-state index contributed by atoms with van der Waals surface area (Å²) in [5, 5.41) is 0. The molecule has 0 amide bonds. The van der Waals surface area contributed by atoms with Crippen LogP contribution in [0.5, 0.6) is 0 Å². The fourth-order valence-corrected chi connectivity index (χ4v) is 6.84. The maximum absolute atomic E-state index is 12.8.